The van der Waals surface area contributed by atoms with E-state index in [0.29, 0.717) is 18.7 Å². The molecule has 0 amide bonds. The second kappa shape index (κ2) is 11.3. The Balaban J connectivity index is 1.80. The molecule has 0 aliphatic rings. The van der Waals surface area contributed by atoms with Gasteiger partial charge in [0, 0.05) is 12.0 Å². The van der Waals surface area contributed by atoms with Crippen LogP contribution in [0.3, 0.4) is 0 Å². The summed E-state index contributed by atoms with van der Waals surface area (Å²) in [5.41, 5.74) is 2.44. The zero-order valence-corrected chi connectivity index (χ0v) is 20.9. The maximum absolute atomic E-state index is 13.2. The molecule has 0 saturated heterocycles. The summed E-state index contributed by atoms with van der Waals surface area (Å²) < 4.78 is 3.40. The van der Waals surface area contributed by atoms with Crippen molar-refractivity contribution in [2.75, 3.05) is 0 Å². The number of carboxylic acid groups (broad SMARTS) is 1. The van der Waals surface area contributed by atoms with Crippen LogP contribution in [-0.4, -0.2) is 25.4 Å². The molecule has 2 aromatic carbocycles. The summed E-state index contributed by atoms with van der Waals surface area (Å²) >= 11 is 0. The lowest BCUT2D eigenvalue weighted by Gasteiger charge is -2.18. The van der Waals surface area contributed by atoms with Crippen molar-refractivity contribution in [3.05, 3.63) is 76.0 Å². The largest absolute Gasteiger partial charge is 0.478 e. The van der Waals surface area contributed by atoms with Crippen molar-refractivity contribution in [1.82, 2.24) is 14.3 Å². The topological polar surface area (TPSA) is 77.1 Å². The number of carbonyl (C=O) groups is 1. The van der Waals surface area contributed by atoms with E-state index in [1.807, 2.05) is 36.4 Å². The lowest BCUT2D eigenvalue weighted by Crippen LogP contribution is -2.28. The van der Waals surface area contributed by atoms with Crippen molar-refractivity contribution in [3.8, 4) is 11.1 Å². The van der Waals surface area contributed by atoms with Gasteiger partial charge in [-0.25, -0.2) is 14.3 Å². The Hall–Kier alpha value is -3.15. The lowest BCUT2D eigenvalue weighted by molar-refractivity contribution is 0.0697. The predicted molar refractivity (Wildman–Crippen MR) is 137 cm³/mol. The van der Waals surface area contributed by atoms with Crippen LogP contribution in [0.15, 0.2) is 53.3 Å². The standard InChI is InChI=1S/C28H37N3O3/c1-5-6-7-8-9-12-19-31-27(34)30(26(29-31)28(2,3)4)20-21-15-17-22(18-16-21)23-13-10-11-14-24(23)25(32)33/h10-11,13-18H,5-9,12,19-20H2,1-4H3,(H,32,33). The van der Waals surface area contributed by atoms with Crippen LogP contribution < -0.4 is 5.69 Å². The Labute approximate surface area is 202 Å². The summed E-state index contributed by atoms with van der Waals surface area (Å²) in [5, 5.41) is 14.2. The minimum absolute atomic E-state index is 0.0706. The predicted octanol–water partition coefficient (Wildman–Crippen LogP) is 6.12. The minimum Gasteiger partial charge on any atom is -0.478 e. The molecule has 1 N–H and O–H groups in total. The lowest BCUT2D eigenvalue weighted by atomic mass is 9.95. The SMILES string of the molecule is CCCCCCCCn1nc(C(C)(C)C)n(Cc2ccc(-c3ccccc3C(=O)O)cc2)c1=O. The Bertz CT molecular complexity index is 1150. The van der Waals surface area contributed by atoms with E-state index in [2.05, 4.69) is 27.7 Å². The first-order chi connectivity index (χ1) is 16.2. The fraction of sp³-hybridized carbons (Fsp3) is 0.464. The van der Waals surface area contributed by atoms with Crippen LogP contribution in [0, 0.1) is 0 Å². The number of carboxylic acids is 1. The molecule has 0 radical (unpaired) electrons. The van der Waals surface area contributed by atoms with Crippen LogP contribution in [0.4, 0.5) is 0 Å². The highest BCUT2D eigenvalue weighted by Gasteiger charge is 2.25. The average Bonchev–Trinajstić information content (AvgIpc) is 3.12. The first kappa shape index (κ1) is 25.5. The molecule has 0 fully saturated rings. The highest BCUT2D eigenvalue weighted by Crippen LogP contribution is 2.25. The van der Waals surface area contributed by atoms with Gasteiger partial charge in [0.1, 0.15) is 5.82 Å². The second-order valence-corrected chi connectivity index (χ2v) is 9.98. The summed E-state index contributed by atoms with van der Waals surface area (Å²) in [6.45, 7) is 9.52. The molecule has 1 aromatic heterocycles. The first-order valence-electron chi connectivity index (χ1n) is 12.3. The second-order valence-electron chi connectivity index (χ2n) is 9.98. The van der Waals surface area contributed by atoms with Gasteiger partial charge in [0.15, 0.2) is 0 Å². The van der Waals surface area contributed by atoms with Gasteiger partial charge in [0.2, 0.25) is 0 Å². The molecule has 0 bridgehead atoms. The van der Waals surface area contributed by atoms with Gasteiger partial charge < -0.3 is 5.11 Å². The fourth-order valence-electron chi connectivity index (χ4n) is 4.22. The van der Waals surface area contributed by atoms with Gasteiger partial charge in [-0.1, -0.05) is 102 Å². The molecule has 3 aromatic rings. The van der Waals surface area contributed by atoms with Crippen LogP contribution >= 0.6 is 0 Å². The quantitative estimate of drug-likeness (QED) is 0.348. The summed E-state index contributed by atoms with van der Waals surface area (Å²) in [5.74, 6) is -0.164. The van der Waals surface area contributed by atoms with Gasteiger partial charge in [-0.05, 0) is 29.2 Å². The number of aromatic carboxylic acids is 1. The number of aryl methyl sites for hydroxylation is 1. The molecule has 3 rings (SSSR count). The van der Waals surface area contributed by atoms with Crippen molar-refractivity contribution < 1.29 is 9.90 Å². The van der Waals surface area contributed by atoms with E-state index in [0.717, 1.165) is 29.8 Å². The highest BCUT2D eigenvalue weighted by molar-refractivity contribution is 5.95. The van der Waals surface area contributed by atoms with E-state index < -0.39 is 5.97 Å². The molecule has 6 nitrogen and oxygen atoms in total. The Kier molecular flexibility index (Phi) is 8.48. The number of nitrogens with zero attached hydrogens (tertiary/aromatic N) is 3. The van der Waals surface area contributed by atoms with Crippen LogP contribution in [0.25, 0.3) is 11.1 Å². The van der Waals surface area contributed by atoms with Crippen molar-refractivity contribution in [2.45, 2.75) is 84.7 Å². The number of rotatable bonds is 11. The zero-order valence-electron chi connectivity index (χ0n) is 20.9. The number of hydrogen-bond donors (Lipinski definition) is 1. The van der Waals surface area contributed by atoms with E-state index in [-0.39, 0.29) is 16.7 Å². The van der Waals surface area contributed by atoms with Crippen molar-refractivity contribution >= 4 is 5.97 Å². The van der Waals surface area contributed by atoms with E-state index >= 15 is 0 Å². The van der Waals surface area contributed by atoms with Gasteiger partial charge in [-0.15, -0.1) is 0 Å². The van der Waals surface area contributed by atoms with Crippen LogP contribution in [0.5, 0.6) is 0 Å². The van der Waals surface area contributed by atoms with E-state index in [1.165, 1.54) is 25.7 Å². The van der Waals surface area contributed by atoms with E-state index in [1.54, 1.807) is 21.4 Å². The molecule has 6 heteroatoms. The highest BCUT2D eigenvalue weighted by atomic mass is 16.4. The van der Waals surface area contributed by atoms with Gasteiger partial charge in [-0.3, -0.25) is 4.57 Å². The molecule has 0 unspecified atom stereocenters. The zero-order chi connectivity index (χ0) is 24.7. The van der Waals surface area contributed by atoms with E-state index in [9.17, 15) is 14.7 Å². The Morgan fingerprint density at radius 1 is 0.941 bits per heavy atom. The maximum Gasteiger partial charge on any atom is 0.346 e. The summed E-state index contributed by atoms with van der Waals surface area (Å²) in [6.07, 6.45) is 7.02. The Morgan fingerprint density at radius 2 is 1.59 bits per heavy atom. The summed E-state index contributed by atoms with van der Waals surface area (Å²) in [7, 11) is 0. The molecular weight excluding hydrogens is 426 g/mol. The molecule has 0 atom stereocenters. The first-order valence-corrected chi connectivity index (χ1v) is 12.3. The molecule has 0 aliphatic carbocycles. The average molecular weight is 464 g/mol. The van der Waals surface area contributed by atoms with Gasteiger partial charge in [-0.2, -0.15) is 5.10 Å². The summed E-state index contributed by atoms with van der Waals surface area (Å²) in [6, 6.07) is 14.7. The number of benzene rings is 2. The molecule has 0 aliphatic heterocycles. The van der Waals surface area contributed by atoms with Crippen molar-refractivity contribution in [3.63, 3.8) is 0 Å². The molecular formula is C28H37N3O3. The third-order valence-corrected chi connectivity index (χ3v) is 6.08. The molecule has 182 valence electrons. The normalized spacial score (nSPS) is 11.6. The number of aromatic nitrogens is 3. The summed E-state index contributed by atoms with van der Waals surface area (Å²) in [4.78, 5) is 24.8. The Morgan fingerprint density at radius 3 is 2.24 bits per heavy atom. The fourth-order valence-corrected chi connectivity index (χ4v) is 4.22. The van der Waals surface area contributed by atoms with Crippen LogP contribution in [0.1, 0.15) is 88.0 Å². The van der Waals surface area contributed by atoms with Crippen molar-refractivity contribution in [2.24, 2.45) is 0 Å². The van der Waals surface area contributed by atoms with Gasteiger partial charge >= 0.3 is 11.7 Å². The smallest absolute Gasteiger partial charge is 0.346 e. The molecule has 34 heavy (non-hydrogen) atoms. The third kappa shape index (κ3) is 6.25. The minimum atomic E-state index is -0.946. The van der Waals surface area contributed by atoms with Gasteiger partial charge in [0.05, 0.1) is 12.1 Å². The number of unbranched alkanes of at least 4 members (excludes halogenated alkanes) is 5. The van der Waals surface area contributed by atoms with Crippen LogP contribution in [0.2, 0.25) is 0 Å². The number of hydrogen-bond acceptors (Lipinski definition) is 3. The third-order valence-electron chi connectivity index (χ3n) is 6.08. The monoisotopic (exact) mass is 463 g/mol. The van der Waals surface area contributed by atoms with Gasteiger partial charge in [0.25, 0.3) is 0 Å². The maximum atomic E-state index is 13.2. The van der Waals surface area contributed by atoms with Crippen LogP contribution in [-0.2, 0) is 18.5 Å². The molecule has 0 saturated carbocycles. The van der Waals surface area contributed by atoms with Crippen molar-refractivity contribution in [1.29, 1.82) is 0 Å². The molecule has 1 heterocycles. The molecule has 0 spiro atoms. The van der Waals surface area contributed by atoms with E-state index in [4.69, 9.17) is 5.10 Å².